The van der Waals surface area contributed by atoms with Crippen LogP contribution in [0.5, 0.6) is 0 Å². The molecule has 0 amide bonds. The molecule has 18 heavy (non-hydrogen) atoms. The zero-order chi connectivity index (χ0) is 12.4. The summed E-state index contributed by atoms with van der Waals surface area (Å²) in [5.41, 5.74) is 2.05. The van der Waals surface area contributed by atoms with Crippen molar-refractivity contribution in [2.24, 2.45) is 0 Å². The summed E-state index contributed by atoms with van der Waals surface area (Å²) >= 11 is 1.53. The van der Waals surface area contributed by atoms with Crippen LogP contribution in [0.1, 0.15) is 5.01 Å². The Kier molecular flexibility index (Phi) is 2.90. The lowest BCUT2D eigenvalue weighted by Gasteiger charge is -2.00. The Hall–Kier alpha value is -2.00. The van der Waals surface area contributed by atoms with E-state index in [1.807, 2.05) is 17.5 Å². The highest BCUT2D eigenvalue weighted by Gasteiger charge is 2.04. The first kappa shape index (κ1) is 11.1. The molecular weight excluding hydrogens is 242 g/mol. The Balaban J connectivity index is 2.04. The van der Waals surface area contributed by atoms with Crippen molar-refractivity contribution in [2.75, 3.05) is 0 Å². The molecule has 0 atom stereocenters. The molecular formula is C15H11NOS. The monoisotopic (exact) mass is 253 g/mol. The number of thiazole rings is 1. The summed E-state index contributed by atoms with van der Waals surface area (Å²) in [4.78, 5) is 14.9. The van der Waals surface area contributed by atoms with E-state index in [1.54, 1.807) is 0 Å². The van der Waals surface area contributed by atoms with Crippen LogP contribution >= 0.6 is 11.3 Å². The molecule has 3 rings (SSSR count). The third-order valence-electron chi connectivity index (χ3n) is 2.85. The van der Waals surface area contributed by atoms with E-state index in [0.717, 1.165) is 22.6 Å². The summed E-state index contributed by atoms with van der Waals surface area (Å²) in [6.07, 6.45) is 1.29. The lowest BCUT2D eigenvalue weighted by molar-refractivity contribution is -0.107. The van der Waals surface area contributed by atoms with Gasteiger partial charge in [0.15, 0.2) is 0 Å². The van der Waals surface area contributed by atoms with E-state index in [1.165, 1.54) is 22.1 Å². The first-order valence-electron chi connectivity index (χ1n) is 5.74. The molecule has 0 spiro atoms. The van der Waals surface area contributed by atoms with Crippen LogP contribution in [0.4, 0.5) is 0 Å². The van der Waals surface area contributed by atoms with Gasteiger partial charge in [-0.25, -0.2) is 4.98 Å². The molecule has 2 nitrogen and oxygen atoms in total. The number of aldehydes is 1. The number of benzene rings is 2. The van der Waals surface area contributed by atoms with Gasteiger partial charge in [-0.1, -0.05) is 36.4 Å². The van der Waals surface area contributed by atoms with Crippen LogP contribution in [0, 0.1) is 0 Å². The first-order chi connectivity index (χ1) is 8.86. The van der Waals surface area contributed by atoms with Crippen molar-refractivity contribution < 1.29 is 4.79 Å². The van der Waals surface area contributed by atoms with Crippen LogP contribution in [-0.2, 0) is 11.2 Å². The van der Waals surface area contributed by atoms with E-state index < -0.39 is 0 Å². The van der Waals surface area contributed by atoms with E-state index in [9.17, 15) is 4.79 Å². The molecule has 0 saturated heterocycles. The summed E-state index contributed by atoms with van der Waals surface area (Å²) in [7, 11) is 0. The molecule has 0 fully saturated rings. The minimum atomic E-state index is 0.401. The molecule has 88 valence electrons. The number of aromatic nitrogens is 1. The summed E-state index contributed by atoms with van der Waals surface area (Å²) in [6.45, 7) is 0. The van der Waals surface area contributed by atoms with Gasteiger partial charge in [-0.3, -0.25) is 0 Å². The largest absolute Gasteiger partial charge is 0.303 e. The quantitative estimate of drug-likeness (QED) is 0.666. The molecule has 0 bridgehead atoms. The summed E-state index contributed by atoms with van der Waals surface area (Å²) in [5, 5.41) is 5.31. The average Bonchev–Trinajstić information content (AvgIpc) is 2.87. The minimum Gasteiger partial charge on any atom is -0.303 e. The summed E-state index contributed by atoms with van der Waals surface area (Å²) in [5.74, 6) is 0. The summed E-state index contributed by atoms with van der Waals surface area (Å²) in [6, 6.07) is 14.6. The van der Waals surface area contributed by atoms with Gasteiger partial charge in [0, 0.05) is 10.9 Å². The molecule has 3 heteroatoms. The van der Waals surface area contributed by atoms with Gasteiger partial charge in [-0.2, -0.15) is 0 Å². The zero-order valence-electron chi connectivity index (χ0n) is 9.67. The fourth-order valence-electron chi connectivity index (χ4n) is 1.96. The molecule has 1 heterocycles. The van der Waals surface area contributed by atoms with Crippen LogP contribution in [-0.4, -0.2) is 11.3 Å². The fourth-order valence-corrected chi connectivity index (χ4v) is 2.71. The molecule has 1 aromatic heterocycles. The zero-order valence-corrected chi connectivity index (χ0v) is 10.5. The number of carbonyl (C=O) groups excluding carboxylic acids is 1. The van der Waals surface area contributed by atoms with E-state index in [0.29, 0.717) is 6.42 Å². The maximum atomic E-state index is 10.5. The predicted octanol–water partition coefficient (Wildman–Crippen LogP) is 3.70. The molecule has 0 N–H and O–H groups in total. The Morgan fingerprint density at radius 3 is 2.78 bits per heavy atom. The molecule has 0 aliphatic carbocycles. The second-order valence-electron chi connectivity index (χ2n) is 4.06. The second kappa shape index (κ2) is 4.70. The van der Waals surface area contributed by atoms with E-state index in [2.05, 4.69) is 35.3 Å². The number of fused-ring (bicyclic) bond motifs is 1. The summed E-state index contributed by atoms with van der Waals surface area (Å²) < 4.78 is 0. The third kappa shape index (κ3) is 2.05. The average molecular weight is 253 g/mol. The van der Waals surface area contributed by atoms with Crippen molar-refractivity contribution in [3.05, 3.63) is 52.9 Å². The van der Waals surface area contributed by atoms with Gasteiger partial charge in [0.1, 0.15) is 11.3 Å². The van der Waals surface area contributed by atoms with Gasteiger partial charge in [-0.05, 0) is 16.8 Å². The molecule has 3 aromatic rings. The number of nitrogens with zero attached hydrogens (tertiary/aromatic N) is 1. The predicted molar refractivity (Wildman–Crippen MR) is 74.8 cm³/mol. The molecule has 0 radical (unpaired) electrons. The number of hydrogen-bond donors (Lipinski definition) is 0. The Morgan fingerprint density at radius 1 is 1.11 bits per heavy atom. The highest BCUT2D eigenvalue weighted by atomic mass is 32.1. The van der Waals surface area contributed by atoms with Crippen LogP contribution < -0.4 is 0 Å². The fraction of sp³-hybridized carbons (Fsp3) is 0.0667. The molecule has 0 aliphatic heterocycles. The van der Waals surface area contributed by atoms with Crippen LogP contribution in [0.2, 0.25) is 0 Å². The van der Waals surface area contributed by atoms with Crippen LogP contribution in [0.25, 0.3) is 22.0 Å². The van der Waals surface area contributed by atoms with Crippen molar-refractivity contribution in [3.63, 3.8) is 0 Å². The molecule has 0 saturated carbocycles. The number of rotatable bonds is 3. The third-order valence-corrected chi connectivity index (χ3v) is 3.73. The maximum Gasteiger partial charge on any atom is 0.126 e. The standard InChI is InChI=1S/C15H11NOS/c17-8-7-15-16-14(10-18-15)13-6-5-11-3-1-2-4-12(11)9-13/h1-6,8-10H,7H2. The normalized spacial score (nSPS) is 10.7. The number of hydrogen-bond acceptors (Lipinski definition) is 3. The Labute approximate surface area is 109 Å². The smallest absolute Gasteiger partial charge is 0.126 e. The van der Waals surface area contributed by atoms with Crippen LogP contribution in [0.15, 0.2) is 47.8 Å². The van der Waals surface area contributed by atoms with Gasteiger partial charge in [0.2, 0.25) is 0 Å². The Bertz CT molecular complexity index is 702. The van der Waals surface area contributed by atoms with Gasteiger partial charge in [0.25, 0.3) is 0 Å². The highest BCUT2D eigenvalue weighted by molar-refractivity contribution is 7.10. The lowest BCUT2D eigenvalue weighted by Crippen LogP contribution is -1.84. The van der Waals surface area contributed by atoms with E-state index in [-0.39, 0.29) is 0 Å². The highest BCUT2D eigenvalue weighted by Crippen LogP contribution is 2.25. The molecule has 0 aliphatic rings. The van der Waals surface area contributed by atoms with Crippen molar-refractivity contribution in [2.45, 2.75) is 6.42 Å². The maximum absolute atomic E-state index is 10.5. The van der Waals surface area contributed by atoms with Crippen molar-refractivity contribution in [1.82, 2.24) is 4.98 Å². The molecule has 0 unspecified atom stereocenters. The van der Waals surface area contributed by atoms with Gasteiger partial charge in [0.05, 0.1) is 12.1 Å². The molecule has 2 aromatic carbocycles. The number of carbonyl (C=O) groups is 1. The topological polar surface area (TPSA) is 30.0 Å². The van der Waals surface area contributed by atoms with Crippen molar-refractivity contribution in [3.8, 4) is 11.3 Å². The Morgan fingerprint density at radius 2 is 1.94 bits per heavy atom. The SMILES string of the molecule is O=CCc1nc(-c2ccc3ccccc3c2)cs1. The van der Waals surface area contributed by atoms with Gasteiger partial charge < -0.3 is 4.79 Å². The van der Waals surface area contributed by atoms with Crippen LogP contribution in [0.3, 0.4) is 0 Å². The minimum absolute atomic E-state index is 0.401. The van der Waals surface area contributed by atoms with Gasteiger partial charge >= 0.3 is 0 Å². The second-order valence-corrected chi connectivity index (χ2v) is 5.00. The van der Waals surface area contributed by atoms with E-state index >= 15 is 0 Å². The van der Waals surface area contributed by atoms with E-state index in [4.69, 9.17) is 0 Å². The van der Waals surface area contributed by atoms with Crippen molar-refractivity contribution >= 4 is 28.4 Å². The first-order valence-corrected chi connectivity index (χ1v) is 6.62. The lowest BCUT2D eigenvalue weighted by atomic mass is 10.1. The van der Waals surface area contributed by atoms with Crippen molar-refractivity contribution in [1.29, 1.82) is 0 Å². The van der Waals surface area contributed by atoms with Gasteiger partial charge in [-0.15, -0.1) is 11.3 Å².